The Balaban J connectivity index is 2.20. The van der Waals surface area contributed by atoms with E-state index in [9.17, 15) is 18.3 Å². The Morgan fingerprint density at radius 1 is 1.30 bits per heavy atom. The van der Waals surface area contributed by atoms with Gasteiger partial charge in [0.15, 0.2) is 0 Å². The number of phenols is 1. The first kappa shape index (κ1) is 14.6. The summed E-state index contributed by atoms with van der Waals surface area (Å²) in [4.78, 5) is 10.9. The van der Waals surface area contributed by atoms with E-state index in [1.54, 1.807) is 0 Å². The molecule has 0 aliphatic carbocycles. The monoisotopic (exact) mass is 301 g/mol. The average molecular weight is 301 g/mol. The van der Waals surface area contributed by atoms with Gasteiger partial charge in [-0.25, -0.2) is 4.79 Å². The first-order valence-electron chi connectivity index (χ1n) is 5.95. The van der Waals surface area contributed by atoms with E-state index in [1.807, 2.05) is 0 Å². The third-order valence-corrected chi connectivity index (χ3v) is 4.43. The molecule has 8 nitrogen and oxygen atoms in total. The highest BCUT2D eigenvalue weighted by Gasteiger charge is 2.24. The lowest BCUT2D eigenvalue weighted by Crippen LogP contribution is -2.48. The van der Waals surface area contributed by atoms with Gasteiger partial charge < -0.3 is 15.5 Å². The molecule has 1 aliphatic rings. The number of hydrogen-bond donors (Lipinski definition) is 4. The van der Waals surface area contributed by atoms with Crippen molar-refractivity contribution in [3.8, 4) is 5.75 Å². The van der Waals surface area contributed by atoms with Crippen LogP contribution in [0.4, 0.5) is 5.69 Å². The van der Waals surface area contributed by atoms with Crippen LogP contribution in [-0.2, 0) is 10.2 Å². The van der Waals surface area contributed by atoms with Gasteiger partial charge in [-0.3, -0.25) is 4.72 Å². The molecule has 1 heterocycles. The molecule has 110 valence electrons. The molecule has 0 radical (unpaired) electrons. The molecule has 1 saturated heterocycles. The van der Waals surface area contributed by atoms with Crippen molar-refractivity contribution < 1.29 is 23.4 Å². The Hall–Kier alpha value is -1.84. The van der Waals surface area contributed by atoms with Crippen molar-refractivity contribution in [3.63, 3.8) is 0 Å². The molecular weight excluding hydrogens is 286 g/mol. The van der Waals surface area contributed by atoms with Crippen molar-refractivity contribution in [2.75, 3.05) is 30.9 Å². The van der Waals surface area contributed by atoms with E-state index < -0.39 is 21.9 Å². The van der Waals surface area contributed by atoms with Crippen molar-refractivity contribution in [3.05, 3.63) is 23.8 Å². The Labute approximate surface area is 116 Å². The Bertz CT molecular complexity index is 610. The van der Waals surface area contributed by atoms with Gasteiger partial charge in [-0.05, 0) is 18.2 Å². The van der Waals surface area contributed by atoms with E-state index >= 15 is 0 Å². The first-order chi connectivity index (χ1) is 9.40. The number of carboxylic acid groups (broad SMARTS) is 1. The first-order valence-corrected chi connectivity index (χ1v) is 7.39. The van der Waals surface area contributed by atoms with Gasteiger partial charge >= 0.3 is 16.2 Å². The maximum Gasteiger partial charge on any atom is 0.339 e. The van der Waals surface area contributed by atoms with E-state index in [0.29, 0.717) is 26.2 Å². The Morgan fingerprint density at radius 2 is 1.95 bits per heavy atom. The predicted molar refractivity (Wildman–Crippen MR) is 72.1 cm³/mol. The Kier molecular flexibility index (Phi) is 4.12. The minimum atomic E-state index is -3.72. The van der Waals surface area contributed by atoms with Crippen LogP contribution in [0, 0.1) is 0 Å². The minimum Gasteiger partial charge on any atom is -0.507 e. The third-order valence-electron chi connectivity index (χ3n) is 2.89. The molecule has 0 aromatic heterocycles. The lowest BCUT2D eigenvalue weighted by Gasteiger charge is -2.26. The molecule has 0 spiro atoms. The highest BCUT2D eigenvalue weighted by atomic mass is 32.2. The third kappa shape index (κ3) is 3.18. The van der Waals surface area contributed by atoms with Crippen molar-refractivity contribution in [1.82, 2.24) is 9.62 Å². The molecule has 1 aromatic rings. The fraction of sp³-hybridized carbons (Fsp3) is 0.364. The molecule has 2 rings (SSSR count). The zero-order valence-electron chi connectivity index (χ0n) is 10.5. The van der Waals surface area contributed by atoms with Crippen LogP contribution in [0.1, 0.15) is 10.4 Å². The zero-order chi connectivity index (χ0) is 14.8. The highest BCUT2D eigenvalue weighted by molar-refractivity contribution is 7.90. The van der Waals surface area contributed by atoms with Crippen LogP contribution in [0.2, 0.25) is 0 Å². The normalized spacial score (nSPS) is 16.8. The maximum atomic E-state index is 12.1. The number of nitrogens with zero attached hydrogens (tertiary/aromatic N) is 1. The fourth-order valence-corrected chi connectivity index (χ4v) is 3.09. The molecule has 0 bridgehead atoms. The summed E-state index contributed by atoms with van der Waals surface area (Å²) in [7, 11) is -3.72. The lowest BCUT2D eigenvalue weighted by molar-refractivity contribution is 0.0693. The summed E-state index contributed by atoms with van der Waals surface area (Å²) in [6, 6.07) is 3.53. The molecule has 1 aliphatic heterocycles. The number of anilines is 1. The van der Waals surface area contributed by atoms with Crippen molar-refractivity contribution in [1.29, 1.82) is 0 Å². The minimum absolute atomic E-state index is 0.0960. The number of piperazine rings is 1. The van der Waals surface area contributed by atoms with Gasteiger partial charge in [0, 0.05) is 26.2 Å². The van der Waals surface area contributed by atoms with Gasteiger partial charge in [0.25, 0.3) is 0 Å². The van der Waals surface area contributed by atoms with E-state index in [0.717, 1.165) is 12.1 Å². The molecule has 1 fully saturated rings. The molecule has 1 aromatic carbocycles. The van der Waals surface area contributed by atoms with Crippen LogP contribution in [0.25, 0.3) is 0 Å². The van der Waals surface area contributed by atoms with Gasteiger partial charge in [0.1, 0.15) is 11.3 Å². The molecule has 20 heavy (non-hydrogen) atoms. The SMILES string of the molecule is O=C(O)c1cc(NS(=O)(=O)N2CCNCC2)ccc1O. The van der Waals surface area contributed by atoms with Crippen molar-refractivity contribution >= 4 is 21.9 Å². The maximum absolute atomic E-state index is 12.1. The van der Waals surface area contributed by atoms with Crippen LogP contribution in [-0.4, -0.2) is 55.1 Å². The second-order valence-electron chi connectivity index (χ2n) is 4.29. The Morgan fingerprint density at radius 3 is 2.55 bits per heavy atom. The van der Waals surface area contributed by atoms with Gasteiger partial charge in [-0.2, -0.15) is 12.7 Å². The smallest absolute Gasteiger partial charge is 0.339 e. The quantitative estimate of drug-likeness (QED) is 0.565. The van der Waals surface area contributed by atoms with Crippen molar-refractivity contribution in [2.45, 2.75) is 0 Å². The van der Waals surface area contributed by atoms with Crippen LogP contribution in [0.5, 0.6) is 5.75 Å². The van der Waals surface area contributed by atoms with Gasteiger partial charge in [0.05, 0.1) is 5.69 Å². The average Bonchev–Trinajstić information content (AvgIpc) is 2.41. The summed E-state index contributed by atoms with van der Waals surface area (Å²) in [5.74, 6) is -1.74. The van der Waals surface area contributed by atoms with Crippen LogP contribution >= 0.6 is 0 Å². The summed E-state index contributed by atoms with van der Waals surface area (Å²) < 4.78 is 27.8. The second kappa shape index (κ2) is 5.65. The lowest BCUT2D eigenvalue weighted by atomic mass is 10.2. The topological polar surface area (TPSA) is 119 Å². The number of aromatic hydroxyl groups is 1. The molecule has 9 heteroatoms. The number of carboxylic acids is 1. The zero-order valence-corrected chi connectivity index (χ0v) is 11.4. The standard InChI is InChI=1S/C11H15N3O5S/c15-10-2-1-8(7-9(10)11(16)17)13-20(18,19)14-5-3-12-4-6-14/h1-2,7,12-13,15H,3-6H2,(H,16,17). The van der Waals surface area contributed by atoms with Gasteiger partial charge in [-0.1, -0.05) is 0 Å². The summed E-state index contributed by atoms with van der Waals surface area (Å²) >= 11 is 0. The molecule has 0 unspecified atom stereocenters. The highest BCUT2D eigenvalue weighted by Crippen LogP contribution is 2.22. The predicted octanol–water partition coefficient (Wildman–Crippen LogP) is -0.348. The van der Waals surface area contributed by atoms with Crippen molar-refractivity contribution in [2.24, 2.45) is 0 Å². The number of rotatable bonds is 4. The number of hydrogen-bond acceptors (Lipinski definition) is 5. The van der Waals surface area contributed by atoms with Crippen LogP contribution in [0.15, 0.2) is 18.2 Å². The summed E-state index contributed by atoms with van der Waals surface area (Å²) in [6.07, 6.45) is 0. The van der Waals surface area contributed by atoms with E-state index in [4.69, 9.17) is 5.11 Å². The molecule has 0 amide bonds. The van der Waals surface area contributed by atoms with Gasteiger partial charge in [0.2, 0.25) is 0 Å². The summed E-state index contributed by atoms with van der Waals surface area (Å²) in [5.41, 5.74) is -0.260. The molecule has 0 atom stereocenters. The second-order valence-corrected chi connectivity index (χ2v) is 5.96. The van der Waals surface area contributed by atoms with E-state index in [2.05, 4.69) is 10.0 Å². The van der Waals surface area contributed by atoms with E-state index in [1.165, 1.54) is 10.4 Å². The van der Waals surface area contributed by atoms with Gasteiger partial charge in [-0.15, -0.1) is 0 Å². The number of nitrogens with one attached hydrogen (secondary N) is 2. The number of benzene rings is 1. The summed E-state index contributed by atoms with van der Waals surface area (Å²) in [5, 5.41) is 21.3. The van der Waals surface area contributed by atoms with Crippen LogP contribution < -0.4 is 10.0 Å². The van der Waals surface area contributed by atoms with E-state index in [-0.39, 0.29) is 11.3 Å². The summed E-state index contributed by atoms with van der Waals surface area (Å²) in [6.45, 7) is 1.83. The van der Waals surface area contributed by atoms with Crippen LogP contribution in [0.3, 0.4) is 0 Å². The molecule has 4 N–H and O–H groups in total. The number of carbonyl (C=O) groups is 1. The fourth-order valence-electron chi connectivity index (χ4n) is 1.87. The largest absolute Gasteiger partial charge is 0.507 e. The molecular formula is C11H15N3O5S. The molecule has 0 saturated carbocycles. The number of aromatic carboxylic acids is 1.